The van der Waals surface area contributed by atoms with Crippen molar-refractivity contribution in [3.8, 4) is 0 Å². The highest BCUT2D eigenvalue weighted by atomic mass is 19.1. The second kappa shape index (κ2) is 5.59. The van der Waals surface area contributed by atoms with Crippen LogP contribution in [0, 0.1) is 5.82 Å². The maximum atomic E-state index is 13.8. The van der Waals surface area contributed by atoms with E-state index in [-0.39, 0.29) is 17.0 Å². The second-order valence-electron chi connectivity index (χ2n) is 5.10. The summed E-state index contributed by atoms with van der Waals surface area (Å²) in [5.41, 5.74) is -0.459. The lowest BCUT2D eigenvalue weighted by Crippen LogP contribution is -2.42. The summed E-state index contributed by atoms with van der Waals surface area (Å²) >= 11 is 0. The third kappa shape index (κ3) is 3.13. The molecule has 1 aromatic carbocycles. The van der Waals surface area contributed by atoms with Gasteiger partial charge in [0.1, 0.15) is 5.82 Å². The minimum atomic E-state index is -1.35. The van der Waals surface area contributed by atoms with Gasteiger partial charge in [0.25, 0.3) is 5.79 Å². The number of hydrogen-bond acceptors (Lipinski definition) is 6. The summed E-state index contributed by atoms with van der Waals surface area (Å²) in [6.07, 6.45) is 0.963. The van der Waals surface area contributed by atoms with Crippen LogP contribution in [0.3, 0.4) is 0 Å². The van der Waals surface area contributed by atoms with Crippen LogP contribution in [-0.4, -0.2) is 23.5 Å². The zero-order valence-electron chi connectivity index (χ0n) is 12.2. The predicted octanol–water partition coefficient (Wildman–Crippen LogP) is 2.16. The van der Waals surface area contributed by atoms with Gasteiger partial charge in [-0.1, -0.05) is 6.07 Å². The molecular formula is C15H14FNO5. The monoisotopic (exact) mass is 307 g/mol. The standard InChI is InChI=1S/C15H14FNO5/c1-8(18)9-5-4-6-11(16)12(9)17-7-10-13(19)21-15(2,3)22-14(10)20/h4-7,17H,1-3H3. The lowest BCUT2D eigenvalue weighted by atomic mass is 10.1. The van der Waals surface area contributed by atoms with Gasteiger partial charge in [0, 0.05) is 25.6 Å². The third-order valence-corrected chi connectivity index (χ3v) is 2.87. The summed E-state index contributed by atoms with van der Waals surface area (Å²) in [6, 6.07) is 3.96. The number of carbonyl (C=O) groups is 3. The van der Waals surface area contributed by atoms with Crippen molar-refractivity contribution >= 4 is 23.4 Å². The van der Waals surface area contributed by atoms with Crippen LogP contribution in [0.15, 0.2) is 30.0 Å². The number of benzene rings is 1. The highest BCUT2D eigenvalue weighted by Crippen LogP contribution is 2.24. The number of esters is 2. The van der Waals surface area contributed by atoms with E-state index in [1.807, 2.05) is 0 Å². The average Bonchev–Trinajstić information content (AvgIpc) is 2.37. The lowest BCUT2D eigenvalue weighted by Gasteiger charge is -2.29. The lowest BCUT2D eigenvalue weighted by molar-refractivity contribution is -0.222. The minimum absolute atomic E-state index is 0.0923. The number of hydrogen-bond donors (Lipinski definition) is 1. The number of cyclic esters (lactones) is 2. The molecule has 1 fully saturated rings. The van der Waals surface area contributed by atoms with Crippen LogP contribution in [0.1, 0.15) is 31.1 Å². The van der Waals surface area contributed by atoms with Gasteiger partial charge in [0.05, 0.1) is 5.69 Å². The third-order valence-electron chi connectivity index (χ3n) is 2.87. The van der Waals surface area contributed by atoms with E-state index in [4.69, 9.17) is 9.47 Å². The summed E-state index contributed by atoms with van der Waals surface area (Å²) in [5.74, 6) is -4.20. The first-order chi connectivity index (χ1) is 10.2. The van der Waals surface area contributed by atoms with Crippen LogP contribution in [0.25, 0.3) is 0 Å². The molecule has 0 amide bonds. The Morgan fingerprint density at radius 3 is 2.36 bits per heavy atom. The second-order valence-corrected chi connectivity index (χ2v) is 5.10. The maximum Gasteiger partial charge on any atom is 0.350 e. The van der Waals surface area contributed by atoms with E-state index >= 15 is 0 Å². The summed E-state index contributed by atoms with van der Waals surface area (Å²) in [7, 11) is 0. The zero-order valence-corrected chi connectivity index (χ0v) is 12.2. The van der Waals surface area contributed by atoms with Gasteiger partial charge in [-0.25, -0.2) is 14.0 Å². The Balaban J connectivity index is 2.31. The number of ether oxygens (including phenoxy) is 2. The van der Waals surface area contributed by atoms with Crippen molar-refractivity contribution in [1.29, 1.82) is 0 Å². The van der Waals surface area contributed by atoms with Crippen LogP contribution in [0.5, 0.6) is 0 Å². The first-order valence-electron chi connectivity index (χ1n) is 6.44. The van der Waals surface area contributed by atoms with Crippen molar-refractivity contribution in [2.75, 3.05) is 5.32 Å². The fourth-order valence-electron chi connectivity index (χ4n) is 1.89. The Kier molecular flexibility index (Phi) is 3.99. The molecule has 0 aromatic heterocycles. The number of Topliss-reactive ketones (excluding diaryl/α,β-unsaturated/α-hetero) is 1. The van der Waals surface area contributed by atoms with Gasteiger partial charge in [0.15, 0.2) is 11.4 Å². The molecule has 22 heavy (non-hydrogen) atoms. The van der Waals surface area contributed by atoms with Gasteiger partial charge < -0.3 is 14.8 Å². The molecule has 2 rings (SSSR count). The fourth-order valence-corrected chi connectivity index (χ4v) is 1.89. The fraction of sp³-hybridized carbons (Fsp3) is 0.267. The average molecular weight is 307 g/mol. The summed E-state index contributed by atoms with van der Waals surface area (Å²) in [5, 5.41) is 2.46. The molecule has 0 spiro atoms. The largest absolute Gasteiger partial charge is 0.419 e. The highest BCUT2D eigenvalue weighted by molar-refractivity contribution is 6.15. The Morgan fingerprint density at radius 2 is 1.82 bits per heavy atom. The molecule has 6 nitrogen and oxygen atoms in total. The van der Waals surface area contributed by atoms with Crippen LogP contribution >= 0.6 is 0 Å². The Morgan fingerprint density at radius 1 is 1.23 bits per heavy atom. The number of rotatable bonds is 3. The van der Waals surface area contributed by atoms with E-state index in [0.717, 1.165) is 12.3 Å². The minimum Gasteiger partial charge on any atom is -0.419 e. The van der Waals surface area contributed by atoms with Crippen LogP contribution in [0.2, 0.25) is 0 Å². The van der Waals surface area contributed by atoms with E-state index in [2.05, 4.69) is 5.32 Å². The Labute approximate surface area is 125 Å². The summed E-state index contributed by atoms with van der Waals surface area (Å²) < 4.78 is 23.6. The van der Waals surface area contributed by atoms with Gasteiger partial charge in [-0.2, -0.15) is 0 Å². The van der Waals surface area contributed by atoms with Crippen molar-refractivity contribution in [3.63, 3.8) is 0 Å². The molecular weight excluding hydrogens is 293 g/mol. The molecule has 0 unspecified atom stereocenters. The topological polar surface area (TPSA) is 81.7 Å². The van der Waals surface area contributed by atoms with Crippen LogP contribution in [-0.2, 0) is 19.1 Å². The normalized spacial score (nSPS) is 16.6. The van der Waals surface area contributed by atoms with E-state index in [1.165, 1.54) is 32.9 Å². The van der Waals surface area contributed by atoms with E-state index in [1.54, 1.807) is 0 Å². The molecule has 0 aliphatic carbocycles. The smallest absolute Gasteiger partial charge is 0.350 e. The molecule has 1 aliphatic rings. The first-order valence-corrected chi connectivity index (χ1v) is 6.44. The van der Waals surface area contributed by atoms with E-state index in [9.17, 15) is 18.8 Å². The number of anilines is 1. The van der Waals surface area contributed by atoms with Crippen molar-refractivity contribution in [3.05, 3.63) is 41.4 Å². The van der Waals surface area contributed by atoms with Crippen molar-refractivity contribution in [2.45, 2.75) is 26.6 Å². The van der Waals surface area contributed by atoms with Gasteiger partial charge in [0.2, 0.25) is 0 Å². The molecule has 0 atom stereocenters. The van der Waals surface area contributed by atoms with Crippen molar-refractivity contribution < 1.29 is 28.2 Å². The van der Waals surface area contributed by atoms with Gasteiger partial charge in [-0.3, -0.25) is 4.79 Å². The molecule has 1 N–H and O–H groups in total. The maximum absolute atomic E-state index is 13.8. The van der Waals surface area contributed by atoms with Crippen molar-refractivity contribution in [1.82, 2.24) is 0 Å². The molecule has 1 saturated heterocycles. The molecule has 116 valence electrons. The molecule has 7 heteroatoms. The number of nitrogens with one attached hydrogen (secondary N) is 1. The Hall–Kier alpha value is -2.70. The molecule has 1 aromatic rings. The zero-order chi connectivity index (χ0) is 16.5. The molecule has 0 radical (unpaired) electrons. The summed E-state index contributed by atoms with van der Waals surface area (Å²) in [6.45, 7) is 4.11. The van der Waals surface area contributed by atoms with Crippen LogP contribution in [0.4, 0.5) is 10.1 Å². The Bertz CT molecular complexity index is 671. The number of para-hydroxylation sites is 1. The molecule has 0 saturated carbocycles. The predicted molar refractivity (Wildman–Crippen MR) is 74.4 cm³/mol. The SMILES string of the molecule is CC(=O)c1cccc(F)c1NC=C1C(=O)OC(C)(C)OC1=O. The van der Waals surface area contributed by atoms with Crippen molar-refractivity contribution in [2.24, 2.45) is 0 Å². The molecule has 0 bridgehead atoms. The van der Waals surface area contributed by atoms with Gasteiger partial charge in [-0.05, 0) is 19.1 Å². The quantitative estimate of drug-likeness (QED) is 0.399. The first kappa shape index (κ1) is 15.7. The molecule has 1 heterocycles. The number of ketones is 1. The molecule has 1 aliphatic heterocycles. The van der Waals surface area contributed by atoms with Gasteiger partial charge >= 0.3 is 11.9 Å². The summed E-state index contributed by atoms with van der Waals surface area (Å²) in [4.78, 5) is 35.0. The van der Waals surface area contributed by atoms with Gasteiger partial charge in [-0.15, -0.1) is 0 Å². The highest BCUT2D eigenvalue weighted by Gasteiger charge is 2.39. The van der Waals surface area contributed by atoms with Crippen LogP contribution < -0.4 is 5.32 Å². The number of halogens is 1. The van der Waals surface area contributed by atoms with E-state index < -0.39 is 29.1 Å². The number of carbonyl (C=O) groups excluding carboxylic acids is 3. The van der Waals surface area contributed by atoms with E-state index in [0.29, 0.717) is 0 Å².